The van der Waals surface area contributed by atoms with E-state index in [1.54, 1.807) is 4.31 Å². The molecule has 0 aromatic rings. The molecule has 1 saturated carbocycles. The van der Waals surface area contributed by atoms with Crippen LogP contribution < -0.4 is 5.32 Å². The lowest BCUT2D eigenvalue weighted by Crippen LogP contribution is -2.54. The lowest BCUT2D eigenvalue weighted by molar-refractivity contribution is 0.00700. The summed E-state index contributed by atoms with van der Waals surface area (Å²) in [5.74, 6) is 0.835. The summed E-state index contributed by atoms with van der Waals surface area (Å²) in [5.41, 5.74) is -0.180. The predicted molar refractivity (Wildman–Crippen MR) is 132 cm³/mol. The fourth-order valence-electron chi connectivity index (χ4n) is 3.94. The Bertz CT molecular complexity index is 639. The Labute approximate surface area is 199 Å². The topological polar surface area (TPSA) is 94.5 Å². The van der Waals surface area contributed by atoms with E-state index in [1.165, 1.54) is 0 Å². The first-order valence-corrected chi connectivity index (χ1v) is 12.6. The van der Waals surface area contributed by atoms with Crippen molar-refractivity contribution >= 4 is 40.0 Å². The quantitative estimate of drug-likeness (QED) is 0.268. The summed E-state index contributed by atoms with van der Waals surface area (Å²) in [6.07, 6.45) is 3.78. The second kappa shape index (κ2) is 12.8. The number of halogens is 1. The molecule has 1 heterocycles. The smallest absolute Gasteiger partial charge is 0.216 e. The van der Waals surface area contributed by atoms with Crippen molar-refractivity contribution in [2.45, 2.75) is 65.6 Å². The molecule has 2 fully saturated rings. The zero-order valence-electron chi connectivity index (χ0n) is 19.0. The number of hydrogen-bond acceptors (Lipinski definition) is 5. The molecule has 1 saturated heterocycles. The van der Waals surface area contributed by atoms with Gasteiger partial charge in [0.25, 0.3) is 0 Å². The minimum atomic E-state index is -3.30. The molecule has 2 N–H and O–H groups in total. The Balaban J connectivity index is 0.00000450. The van der Waals surface area contributed by atoms with Crippen molar-refractivity contribution in [1.82, 2.24) is 14.5 Å². The molecular formula is C20H41IN4O4S. The van der Waals surface area contributed by atoms with Crippen molar-refractivity contribution in [2.75, 3.05) is 51.6 Å². The van der Waals surface area contributed by atoms with Crippen LogP contribution in [0.3, 0.4) is 0 Å². The lowest BCUT2D eigenvalue weighted by atomic mass is 9.73. The maximum absolute atomic E-state index is 12.5. The zero-order chi connectivity index (χ0) is 21.5. The monoisotopic (exact) mass is 560 g/mol. The van der Waals surface area contributed by atoms with Gasteiger partial charge in [0.2, 0.25) is 10.0 Å². The van der Waals surface area contributed by atoms with E-state index in [0.717, 1.165) is 38.2 Å². The second-order valence-electron chi connectivity index (χ2n) is 8.71. The van der Waals surface area contributed by atoms with Crippen molar-refractivity contribution in [3.05, 3.63) is 0 Å². The predicted octanol–water partition coefficient (Wildman–Crippen LogP) is 1.88. The van der Waals surface area contributed by atoms with Gasteiger partial charge in [0.05, 0.1) is 31.1 Å². The number of aliphatic hydroxyl groups is 1. The molecule has 0 spiro atoms. The number of aliphatic imine (C=N–C) groups is 1. The Morgan fingerprint density at radius 3 is 2.50 bits per heavy atom. The zero-order valence-corrected chi connectivity index (χ0v) is 22.1. The standard InChI is InChI=1S/C20H40N4O4S.HI/c1-5-21-19(22-16-20(4)9-7-6-8-18(20)25)23-10-12-24(13-11-23)29(26,27)15-14-28-17(2)3;/h17-18,25H,5-16H2,1-4H3,(H,21,22);1H. The van der Waals surface area contributed by atoms with E-state index < -0.39 is 10.0 Å². The Morgan fingerprint density at radius 2 is 1.93 bits per heavy atom. The minimum absolute atomic E-state index is 0. The van der Waals surface area contributed by atoms with E-state index in [0.29, 0.717) is 32.7 Å². The minimum Gasteiger partial charge on any atom is -0.392 e. The number of guanidine groups is 1. The second-order valence-corrected chi connectivity index (χ2v) is 10.8. The summed E-state index contributed by atoms with van der Waals surface area (Å²) in [6.45, 7) is 11.6. The molecule has 2 atom stereocenters. The highest BCUT2D eigenvalue weighted by atomic mass is 127. The number of rotatable bonds is 8. The van der Waals surface area contributed by atoms with E-state index in [-0.39, 0.29) is 54.0 Å². The normalized spacial score (nSPS) is 26.5. The van der Waals surface area contributed by atoms with E-state index >= 15 is 0 Å². The van der Waals surface area contributed by atoms with Crippen LogP contribution in [0.2, 0.25) is 0 Å². The summed E-state index contributed by atoms with van der Waals surface area (Å²) in [7, 11) is -3.30. The molecule has 2 aliphatic rings. The molecule has 0 aromatic carbocycles. The summed E-state index contributed by atoms with van der Waals surface area (Å²) in [5, 5.41) is 13.8. The van der Waals surface area contributed by atoms with E-state index in [4.69, 9.17) is 9.73 Å². The highest BCUT2D eigenvalue weighted by Gasteiger charge is 2.35. The van der Waals surface area contributed by atoms with E-state index in [1.807, 2.05) is 20.8 Å². The third kappa shape index (κ3) is 8.07. The molecule has 0 radical (unpaired) electrons. The van der Waals surface area contributed by atoms with Crippen LogP contribution in [0.4, 0.5) is 0 Å². The molecule has 10 heteroatoms. The molecule has 2 rings (SSSR count). The molecule has 0 amide bonds. The first-order valence-electron chi connectivity index (χ1n) is 11.0. The fraction of sp³-hybridized carbons (Fsp3) is 0.950. The van der Waals surface area contributed by atoms with Crippen LogP contribution >= 0.6 is 24.0 Å². The van der Waals surface area contributed by atoms with Gasteiger partial charge in [-0.1, -0.05) is 19.8 Å². The molecule has 178 valence electrons. The summed E-state index contributed by atoms with van der Waals surface area (Å²) < 4.78 is 32.0. The third-order valence-electron chi connectivity index (χ3n) is 5.93. The Hall–Kier alpha value is -0.170. The largest absolute Gasteiger partial charge is 0.392 e. The molecule has 1 aliphatic heterocycles. The van der Waals surface area contributed by atoms with Crippen LogP contribution in [-0.2, 0) is 14.8 Å². The van der Waals surface area contributed by atoms with Crippen molar-refractivity contribution in [2.24, 2.45) is 10.4 Å². The molecule has 30 heavy (non-hydrogen) atoms. The first-order chi connectivity index (χ1) is 13.7. The van der Waals surface area contributed by atoms with Crippen molar-refractivity contribution in [1.29, 1.82) is 0 Å². The van der Waals surface area contributed by atoms with Gasteiger partial charge in [-0.05, 0) is 33.6 Å². The van der Waals surface area contributed by atoms with Crippen LogP contribution in [0, 0.1) is 5.41 Å². The SMILES string of the molecule is CCNC(=NCC1(C)CCCCC1O)N1CCN(S(=O)(=O)CCOC(C)C)CC1.I. The number of sulfonamides is 1. The average Bonchev–Trinajstić information content (AvgIpc) is 2.67. The van der Waals surface area contributed by atoms with Crippen LogP contribution in [0.5, 0.6) is 0 Å². The fourth-order valence-corrected chi connectivity index (χ4v) is 5.23. The van der Waals surface area contributed by atoms with E-state index in [9.17, 15) is 13.5 Å². The number of piperazine rings is 1. The maximum Gasteiger partial charge on any atom is 0.216 e. The first kappa shape index (κ1) is 27.9. The number of hydrogen-bond donors (Lipinski definition) is 2. The number of nitrogens with zero attached hydrogens (tertiary/aromatic N) is 3. The van der Waals surface area contributed by atoms with Gasteiger partial charge < -0.3 is 20.1 Å². The van der Waals surface area contributed by atoms with Gasteiger partial charge in [-0.3, -0.25) is 4.99 Å². The van der Waals surface area contributed by atoms with Crippen molar-refractivity contribution in [3.63, 3.8) is 0 Å². The van der Waals surface area contributed by atoms with E-state index in [2.05, 4.69) is 17.1 Å². The maximum atomic E-state index is 12.5. The van der Waals surface area contributed by atoms with Gasteiger partial charge in [0.15, 0.2) is 5.96 Å². The van der Waals surface area contributed by atoms with Crippen LogP contribution in [-0.4, -0.2) is 92.5 Å². The van der Waals surface area contributed by atoms with Crippen LogP contribution in [0.1, 0.15) is 53.4 Å². The van der Waals surface area contributed by atoms with Gasteiger partial charge in [-0.2, -0.15) is 4.31 Å². The molecule has 2 unspecified atom stereocenters. The van der Waals surface area contributed by atoms with Crippen LogP contribution in [0.15, 0.2) is 4.99 Å². The molecule has 0 aromatic heterocycles. The molecule has 8 nitrogen and oxygen atoms in total. The van der Waals surface area contributed by atoms with Crippen molar-refractivity contribution < 1.29 is 18.3 Å². The van der Waals surface area contributed by atoms with Gasteiger partial charge in [0, 0.05) is 38.1 Å². The lowest BCUT2D eigenvalue weighted by Gasteiger charge is -2.39. The molecule has 1 aliphatic carbocycles. The Morgan fingerprint density at radius 1 is 1.27 bits per heavy atom. The summed E-state index contributed by atoms with van der Waals surface area (Å²) in [6, 6.07) is 0. The number of nitrogens with one attached hydrogen (secondary N) is 1. The van der Waals surface area contributed by atoms with Gasteiger partial charge in [-0.25, -0.2) is 8.42 Å². The molecular weight excluding hydrogens is 519 g/mol. The van der Waals surface area contributed by atoms with Gasteiger partial charge in [0.1, 0.15) is 0 Å². The average molecular weight is 561 g/mol. The third-order valence-corrected chi connectivity index (χ3v) is 7.76. The highest BCUT2D eigenvalue weighted by Crippen LogP contribution is 2.36. The number of aliphatic hydroxyl groups excluding tert-OH is 1. The summed E-state index contributed by atoms with van der Waals surface area (Å²) >= 11 is 0. The van der Waals surface area contributed by atoms with Gasteiger partial charge >= 0.3 is 0 Å². The number of ether oxygens (including phenoxy) is 1. The summed E-state index contributed by atoms with van der Waals surface area (Å²) in [4.78, 5) is 6.95. The van der Waals surface area contributed by atoms with Gasteiger partial charge in [-0.15, -0.1) is 24.0 Å². The molecule has 0 bridgehead atoms. The highest BCUT2D eigenvalue weighted by molar-refractivity contribution is 14.0. The van der Waals surface area contributed by atoms with Crippen molar-refractivity contribution in [3.8, 4) is 0 Å². The Kier molecular flexibility index (Phi) is 11.9. The van der Waals surface area contributed by atoms with Crippen LogP contribution in [0.25, 0.3) is 0 Å².